The van der Waals surface area contributed by atoms with Crippen LogP contribution in [0.25, 0.3) is 0 Å². The topological polar surface area (TPSA) is 309 Å². The summed E-state index contributed by atoms with van der Waals surface area (Å²) in [5.74, 6) is -0.929. The molecule has 0 aromatic carbocycles. The quantitative estimate of drug-likeness (QED) is 0.0356. The average Bonchev–Trinajstić information content (AvgIpc) is 4.37. The van der Waals surface area contributed by atoms with Gasteiger partial charge in [-0.1, -0.05) is 0 Å². The van der Waals surface area contributed by atoms with Gasteiger partial charge < -0.3 is 14.4 Å². The number of nitriles is 1. The first-order valence-corrected chi connectivity index (χ1v) is 39.6. The van der Waals surface area contributed by atoms with Crippen molar-refractivity contribution in [2.45, 2.75) is 159 Å². The molecule has 4 amide bonds. The number of fused-ring (bicyclic) bond motifs is 3. The summed E-state index contributed by atoms with van der Waals surface area (Å²) in [5, 5.41) is 45.8. The number of nitrogens with one attached hydrogen (secondary N) is 4. The SMILES string of the molecule is [CH3][Tl][n]1cc(COCCOCCNC(=O)CCC(CCC(=O)NCCOCCOCc2c[n]([Tl])nn2)(CCC(=O)NCCOCCOCc2c[n]([Tl])nn2)NC(=O)C23CCC(OP(OCCC#N)N(C(C)C)C(C)C)(CC2)CC3)nn1. The maximum atomic E-state index is 15.1. The van der Waals surface area contributed by atoms with Gasteiger partial charge in [0.25, 0.3) is 8.53 Å². The molecule has 0 saturated heterocycles. The molecule has 4 N–H and O–H groups in total. The third-order valence-corrected chi connectivity index (χ3v) is 21.2. The number of aromatic nitrogens is 9. The third-order valence-electron chi connectivity index (χ3n) is 14.0. The molecular formula is C50H82N15O12PTl3. The van der Waals surface area contributed by atoms with Crippen LogP contribution in [0.3, 0.4) is 0 Å². The second kappa shape index (κ2) is 37.9. The molecule has 0 radical (unpaired) electrons. The molecule has 0 spiro atoms. The number of carbonyl (C=O) groups is 4. The van der Waals surface area contributed by atoms with Gasteiger partial charge in [0.2, 0.25) is 5.91 Å². The minimum absolute atomic E-state index is 0.0139. The van der Waals surface area contributed by atoms with Gasteiger partial charge in [-0.25, -0.2) is 4.67 Å². The van der Waals surface area contributed by atoms with Crippen LogP contribution in [0.4, 0.5) is 0 Å². The molecule has 3 aliphatic carbocycles. The van der Waals surface area contributed by atoms with Crippen LogP contribution in [0.5, 0.6) is 0 Å². The van der Waals surface area contributed by atoms with Crippen molar-refractivity contribution < 1.29 is 56.6 Å². The molecule has 81 heavy (non-hydrogen) atoms. The molecular weight excluding hydrogens is 1650 g/mol. The Kier molecular flexibility index (Phi) is 32.5. The number of ether oxygens (including phenoxy) is 6. The number of amides is 4. The molecule has 3 aromatic heterocycles. The summed E-state index contributed by atoms with van der Waals surface area (Å²) in [5.41, 5.74) is -0.0636. The predicted molar refractivity (Wildman–Crippen MR) is 298 cm³/mol. The van der Waals surface area contributed by atoms with Crippen molar-refractivity contribution in [3.63, 3.8) is 0 Å². The zero-order chi connectivity index (χ0) is 58.4. The Hall–Kier alpha value is -2.37. The van der Waals surface area contributed by atoms with Gasteiger partial charge in [-0.05, 0) is 85.5 Å². The van der Waals surface area contributed by atoms with E-state index in [0.717, 1.165) is 17.1 Å². The van der Waals surface area contributed by atoms with E-state index >= 15 is 4.79 Å². The summed E-state index contributed by atoms with van der Waals surface area (Å²) in [6.45, 7) is 13.3. The van der Waals surface area contributed by atoms with Gasteiger partial charge in [0.05, 0.1) is 24.7 Å². The zero-order valence-corrected chi connectivity index (χ0v) is 62.3. The van der Waals surface area contributed by atoms with Crippen molar-refractivity contribution in [1.29, 1.82) is 5.26 Å². The number of hydrogen-bond acceptors (Lipinski definition) is 20. The molecule has 3 heterocycles. The van der Waals surface area contributed by atoms with Gasteiger partial charge in [0.15, 0.2) is 0 Å². The summed E-state index contributed by atoms with van der Waals surface area (Å²) in [6, 6.07) is 2.45. The molecule has 2 bridgehead atoms. The van der Waals surface area contributed by atoms with Crippen molar-refractivity contribution in [3.05, 3.63) is 35.7 Å². The molecule has 3 aliphatic rings. The molecule has 3 fully saturated rings. The summed E-state index contributed by atoms with van der Waals surface area (Å²) in [7, 11) is -1.49. The van der Waals surface area contributed by atoms with E-state index in [9.17, 15) is 19.6 Å². The molecule has 1 atom stereocenters. The average molecular weight is 1730 g/mol. The van der Waals surface area contributed by atoms with E-state index in [2.05, 4.69) is 95.1 Å². The number of nitrogens with zero attached hydrogens (tertiary/aromatic N) is 11. The van der Waals surface area contributed by atoms with Gasteiger partial charge in [0.1, 0.15) is 0 Å². The van der Waals surface area contributed by atoms with E-state index in [1.54, 1.807) is 4.98 Å². The fraction of sp³-hybridized carbons (Fsp3) is 0.780. The molecule has 27 nitrogen and oxygen atoms in total. The van der Waals surface area contributed by atoms with Gasteiger partial charge in [-0.3, -0.25) is 19.2 Å². The molecule has 443 valence electrons. The predicted octanol–water partition coefficient (Wildman–Crippen LogP) is 1.77. The van der Waals surface area contributed by atoms with Gasteiger partial charge in [-0.15, -0.1) is 0 Å². The van der Waals surface area contributed by atoms with E-state index in [1.807, 2.05) is 21.1 Å². The molecule has 0 aliphatic heterocycles. The monoisotopic (exact) mass is 1730 g/mol. The van der Waals surface area contributed by atoms with E-state index < -0.39 is 49.6 Å². The van der Waals surface area contributed by atoms with E-state index in [1.165, 1.54) is 0 Å². The minimum atomic E-state index is -1.49. The fourth-order valence-corrected chi connectivity index (χ4v) is 15.1. The molecule has 6 rings (SSSR count). The van der Waals surface area contributed by atoms with Gasteiger partial charge in [-0.2, -0.15) is 5.26 Å². The van der Waals surface area contributed by atoms with E-state index in [-0.39, 0.29) is 127 Å². The summed E-state index contributed by atoms with van der Waals surface area (Å²) >= 11 is 0.00388. The van der Waals surface area contributed by atoms with Crippen LogP contribution in [0.15, 0.2) is 18.6 Å². The Morgan fingerprint density at radius 1 is 0.654 bits per heavy atom. The van der Waals surface area contributed by atoms with Crippen molar-refractivity contribution in [1.82, 2.24) is 64.3 Å². The Morgan fingerprint density at radius 3 is 1.46 bits per heavy atom. The Morgan fingerprint density at radius 2 is 1.07 bits per heavy atom. The normalized spacial score (nSPS) is 17.3. The first-order chi connectivity index (χ1) is 39.1. The van der Waals surface area contributed by atoms with Crippen LogP contribution in [0, 0.1) is 16.7 Å². The molecule has 3 aromatic rings. The van der Waals surface area contributed by atoms with Crippen molar-refractivity contribution in [2.75, 3.05) is 85.7 Å². The zero-order valence-electron chi connectivity index (χ0n) is 47.9. The van der Waals surface area contributed by atoms with E-state index in [4.69, 9.17) is 37.5 Å². The van der Waals surface area contributed by atoms with Crippen LogP contribution in [0.1, 0.15) is 128 Å². The second-order valence-corrected chi connectivity index (χ2v) is 30.3. The standard InChI is InChI=1S/C49H82N15O12P.CH3.3Tl/c1-38(2)64(39(3)4)77(75-22-5-18-50)76-49-15-12-47(13-16-49,14-17-49)46(68)57-48(9-6-43(65)51-19-23-69-26-29-72-35-40-32-54-61-58-40,10-7-44(66)52-20-24-70-27-30-73-36-41-33-55-62-59-41)11-8-45(67)53-21-25-71-28-31-74-37-42-34-56-63-60-42;;;;/h32-34,38-39H,5-17,19-31,35-37H2,1-4H3,(H7,51,52,53,54,55,56,57,58,59,60,61,62,63,65,66,67,68);1H3;;;/q;;3*+1/p-3. The second-order valence-electron chi connectivity index (χ2n) is 20.7. The Balaban J connectivity index is 1.22. The summed E-state index contributed by atoms with van der Waals surface area (Å²) in [6.07, 6.45) is 10.0. The number of rotatable bonds is 44. The van der Waals surface area contributed by atoms with Crippen molar-refractivity contribution in [3.8, 4) is 6.07 Å². The van der Waals surface area contributed by atoms with Crippen LogP contribution in [-0.2, 0) is 76.5 Å². The van der Waals surface area contributed by atoms with E-state index in [0.29, 0.717) is 150 Å². The maximum absolute atomic E-state index is 15.1. The van der Waals surface area contributed by atoms with Crippen LogP contribution >= 0.6 is 8.53 Å². The van der Waals surface area contributed by atoms with Gasteiger partial charge in [0, 0.05) is 42.3 Å². The van der Waals surface area contributed by atoms with Crippen LogP contribution in [-0.4, -0.2) is 252 Å². The number of hydrogen-bond donors (Lipinski definition) is 4. The summed E-state index contributed by atoms with van der Waals surface area (Å²) in [4.78, 5) is 56.0. The first kappa shape index (κ1) is 69.4. The Labute approximate surface area is 522 Å². The first-order valence-electron chi connectivity index (χ1n) is 28.0. The molecule has 1 unspecified atom stereocenters. The van der Waals surface area contributed by atoms with Crippen molar-refractivity contribution >= 4 is 109 Å². The Bertz CT molecular complexity index is 2270. The number of carbonyl (C=O) groups excluding carboxylic acids is 4. The van der Waals surface area contributed by atoms with Crippen LogP contribution in [0.2, 0.25) is 4.48 Å². The van der Waals surface area contributed by atoms with Gasteiger partial charge >= 0.3 is 316 Å². The van der Waals surface area contributed by atoms with Crippen molar-refractivity contribution in [2.24, 2.45) is 5.41 Å². The molecule has 31 heteroatoms. The summed E-state index contributed by atoms with van der Waals surface area (Å²) < 4.78 is 57.3. The molecule has 3 saturated carbocycles. The fourth-order valence-electron chi connectivity index (χ4n) is 9.58. The van der Waals surface area contributed by atoms with Crippen LogP contribution < -0.4 is 21.3 Å². The third kappa shape index (κ3) is 25.6.